The normalized spacial score (nSPS) is 10.6. The number of benzene rings is 2. The highest BCUT2D eigenvalue weighted by Gasteiger charge is 2.09. The van der Waals surface area contributed by atoms with Gasteiger partial charge in [0, 0.05) is 16.9 Å². The van der Waals surface area contributed by atoms with Crippen molar-refractivity contribution in [3.05, 3.63) is 83.4 Å². The predicted molar refractivity (Wildman–Crippen MR) is 98.9 cm³/mol. The van der Waals surface area contributed by atoms with Crippen molar-refractivity contribution in [2.75, 3.05) is 6.26 Å². The third-order valence-corrected chi connectivity index (χ3v) is 4.34. The van der Waals surface area contributed by atoms with E-state index in [2.05, 4.69) is 5.32 Å². The summed E-state index contributed by atoms with van der Waals surface area (Å²) in [5, 5.41) is 2.86. The van der Waals surface area contributed by atoms with E-state index in [0.29, 0.717) is 23.6 Å². The summed E-state index contributed by atoms with van der Waals surface area (Å²) >= 11 is 1.72. The first kappa shape index (κ1) is 17.3. The number of nitrogens with one attached hydrogen (secondary N) is 1. The Hall–Kier alpha value is -2.53. The van der Waals surface area contributed by atoms with Crippen molar-refractivity contribution < 1.29 is 13.6 Å². The van der Waals surface area contributed by atoms with Crippen molar-refractivity contribution in [3.63, 3.8) is 0 Å². The Labute approximate surface area is 150 Å². The lowest BCUT2D eigenvalue weighted by Crippen LogP contribution is -2.22. The summed E-state index contributed by atoms with van der Waals surface area (Å²) in [5.74, 6) is 1.74. The molecule has 2 aromatic carbocycles. The first-order valence-electron chi connectivity index (χ1n) is 7.86. The average Bonchev–Trinajstić information content (AvgIpc) is 3.10. The highest BCUT2D eigenvalue weighted by molar-refractivity contribution is 7.97. The molecule has 3 rings (SSSR count). The molecule has 128 valence electrons. The summed E-state index contributed by atoms with van der Waals surface area (Å²) in [7, 11) is 0. The maximum atomic E-state index is 13.0. The van der Waals surface area contributed by atoms with Crippen molar-refractivity contribution in [2.45, 2.75) is 12.3 Å². The van der Waals surface area contributed by atoms with Gasteiger partial charge in [-0.25, -0.2) is 4.39 Å². The van der Waals surface area contributed by atoms with Gasteiger partial charge in [-0.15, -0.1) is 0 Å². The standard InChI is InChI=1S/C20H18FNO2S/c1-25-13-14-3-2-4-16(11-14)20(23)22-12-18-9-10-19(24-18)15-5-7-17(21)8-6-15/h2-11H,12-13H2,1H3,(H,22,23). The summed E-state index contributed by atoms with van der Waals surface area (Å²) in [6.07, 6.45) is 2.03. The molecule has 1 aromatic heterocycles. The zero-order chi connectivity index (χ0) is 17.6. The van der Waals surface area contributed by atoms with Gasteiger partial charge in [-0.2, -0.15) is 11.8 Å². The number of halogens is 1. The Kier molecular flexibility index (Phi) is 5.56. The maximum Gasteiger partial charge on any atom is 0.251 e. The molecule has 3 nitrogen and oxygen atoms in total. The zero-order valence-corrected chi connectivity index (χ0v) is 14.6. The van der Waals surface area contributed by atoms with E-state index in [1.165, 1.54) is 12.1 Å². The summed E-state index contributed by atoms with van der Waals surface area (Å²) in [6.45, 7) is 0.298. The largest absolute Gasteiger partial charge is 0.459 e. The van der Waals surface area contributed by atoms with E-state index in [4.69, 9.17) is 4.42 Å². The first-order valence-corrected chi connectivity index (χ1v) is 9.26. The van der Waals surface area contributed by atoms with E-state index >= 15 is 0 Å². The highest BCUT2D eigenvalue weighted by Crippen LogP contribution is 2.22. The molecule has 0 atom stereocenters. The number of furan rings is 1. The lowest BCUT2D eigenvalue weighted by Gasteiger charge is -2.05. The third kappa shape index (κ3) is 4.51. The minimum Gasteiger partial charge on any atom is -0.459 e. The van der Waals surface area contributed by atoms with Crippen LogP contribution in [0.4, 0.5) is 4.39 Å². The molecule has 3 aromatic rings. The van der Waals surface area contributed by atoms with E-state index in [0.717, 1.165) is 16.9 Å². The minimum atomic E-state index is -0.286. The van der Waals surface area contributed by atoms with Crippen LogP contribution in [0.15, 0.2) is 65.1 Å². The molecule has 0 saturated carbocycles. The molecule has 0 aliphatic rings. The molecule has 0 bridgehead atoms. The lowest BCUT2D eigenvalue weighted by atomic mass is 10.1. The van der Waals surface area contributed by atoms with E-state index in [9.17, 15) is 9.18 Å². The monoisotopic (exact) mass is 355 g/mol. The number of rotatable bonds is 6. The van der Waals surface area contributed by atoms with Crippen molar-refractivity contribution in [1.29, 1.82) is 0 Å². The average molecular weight is 355 g/mol. The summed E-state index contributed by atoms with van der Waals surface area (Å²) < 4.78 is 18.7. The second-order valence-corrected chi connectivity index (χ2v) is 6.45. The fourth-order valence-corrected chi connectivity index (χ4v) is 2.99. The molecular formula is C20H18FNO2S. The summed E-state index contributed by atoms with van der Waals surface area (Å²) in [4.78, 5) is 12.3. The van der Waals surface area contributed by atoms with Crippen LogP contribution in [0.1, 0.15) is 21.7 Å². The SMILES string of the molecule is CSCc1cccc(C(=O)NCc2ccc(-c3ccc(F)cc3)o2)c1. The molecule has 1 heterocycles. The Morgan fingerprint density at radius 2 is 1.92 bits per heavy atom. The molecule has 25 heavy (non-hydrogen) atoms. The molecule has 0 unspecified atom stereocenters. The first-order chi connectivity index (χ1) is 12.2. The van der Waals surface area contributed by atoms with Gasteiger partial charge in [-0.3, -0.25) is 4.79 Å². The number of carbonyl (C=O) groups excluding carboxylic acids is 1. The second kappa shape index (κ2) is 8.03. The van der Waals surface area contributed by atoms with Crippen LogP contribution in [0.2, 0.25) is 0 Å². The van der Waals surface area contributed by atoms with E-state index < -0.39 is 0 Å². The Morgan fingerprint density at radius 3 is 2.68 bits per heavy atom. The van der Waals surface area contributed by atoms with E-state index in [1.54, 1.807) is 30.0 Å². The zero-order valence-electron chi connectivity index (χ0n) is 13.8. The molecule has 0 aliphatic heterocycles. The van der Waals surface area contributed by atoms with Crippen LogP contribution in [0.3, 0.4) is 0 Å². The van der Waals surface area contributed by atoms with E-state index in [-0.39, 0.29) is 11.7 Å². The quantitative estimate of drug-likeness (QED) is 0.685. The number of carbonyl (C=O) groups is 1. The molecular weight excluding hydrogens is 337 g/mol. The topological polar surface area (TPSA) is 42.2 Å². The van der Waals surface area contributed by atoms with Crippen LogP contribution in [-0.2, 0) is 12.3 Å². The molecule has 1 N–H and O–H groups in total. The summed E-state index contributed by atoms with van der Waals surface area (Å²) in [5.41, 5.74) is 2.55. The number of hydrogen-bond acceptors (Lipinski definition) is 3. The van der Waals surface area contributed by atoms with Gasteiger partial charge in [0.1, 0.15) is 17.3 Å². The molecule has 0 aliphatic carbocycles. The molecule has 0 radical (unpaired) electrons. The molecule has 5 heteroatoms. The van der Waals surface area contributed by atoms with Crippen LogP contribution in [-0.4, -0.2) is 12.2 Å². The smallest absolute Gasteiger partial charge is 0.251 e. The second-order valence-electron chi connectivity index (χ2n) is 5.59. The lowest BCUT2D eigenvalue weighted by molar-refractivity contribution is 0.0948. The maximum absolute atomic E-state index is 13.0. The van der Waals surface area contributed by atoms with E-state index in [1.807, 2.05) is 36.6 Å². The van der Waals surface area contributed by atoms with Gasteiger partial charge >= 0.3 is 0 Å². The molecule has 1 amide bonds. The van der Waals surface area contributed by atoms with Crippen molar-refractivity contribution in [1.82, 2.24) is 5.32 Å². The van der Waals surface area contributed by atoms with Gasteiger partial charge in [0.2, 0.25) is 0 Å². The fourth-order valence-electron chi connectivity index (χ4n) is 2.48. The van der Waals surface area contributed by atoms with Crippen LogP contribution < -0.4 is 5.32 Å². The summed E-state index contributed by atoms with van der Waals surface area (Å²) in [6, 6.07) is 17.3. The highest BCUT2D eigenvalue weighted by atomic mass is 32.2. The minimum absolute atomic E-state index is 0.136. The van der Waals surface area contributed by atoms with Gasteiger partial charge in [-0.05, 0) is 60.4 Å². The van der Waals surface area contributed by atoms with Crippen LogP contribution >= 0.6 is 11.8 Å². The molecule has 0 fully saturated rings. The predicted octanol–water partition coefficient (Wildman–Crippen LogP) is 4.88. The van der Waals surface area contributed by atoms with Gasteiger partial charge in [0.15, 0.2) is 0 Å². The van der Waals surface area contributed by atoms with Crippen molar-refractivity contribution in [3.8, 4) is 11.3 Å². The third-order valence-electron chi connectivity index (χ3n) is 3.71. The van der Waals surface area contributed by atoms with Gasteiger partial charge < -0.3 is 9.73 Å². The molecule has 0 saturated heterocycles. The number of amides is 1. The Bertz CT molecular complexity index is 858. The number of thioether (sulfide) groups is 1. The van der Waals surface area contributed by atoms with Gasteiger partial charge in [0.25, 0.3) is 5.91 Å². The Balaban J connectivity index is 1.63. The Morgan fingerprint density at radius 1 is 1.12 bits per heavy atom. The van der Waals surface area contributed by atoms with Crippen LogP contribution in [0.5, 0.6) is 0 Å². The fraction of sp³-hybridized carbons (Fsp3) is 0.150. The molecule has 0 spiro atoms. The number of hydrogen-bond donors (Lipinski definition) is 1. The van der Waals surface area contributed by atoms with Crippen molar-refractivity contribution >= 4 is 17.7 Å². The van der Waals surface area contributed by atoms with Gasteiger partial charge in [0.05, 0.1) is 6.54 Å². The van der Waals surface area contributed by atoms with Gasteiger partial charge in [-0.1, -0.05) is 12.1 Å². The van der Waals surface area contributed by atoms with Crippen LogP contribution in [0, 0.1) is 5.82 Å². The van der Waals surface area contributed by atoms with Crippen molar-refractivity contribution in [2.24, 2.45) is 0 Å². The van der Waals surface area contributed by atoms with Crippen LogP contribution in [0.25, 0.3) is 11.3 Å².